The molecule has 0 aromatic carbocycles. The zero-order chi connectivity index (χ0) is 8.55. The number of nitrogens with zero attached hydrogens (tertiary/aromatic N) is 4. The Morgan fingerprint density at radius 2 is 2.33 bits per heavy atom. The summed E-state index contributed by atoms with van der Waals surface area (Å²) in [6, 6.07) is 0. The Bertz CT molecular complexity index is 302. The molecule has 1 saturated heterocycles. The fourth-order valence-electron chi connectivity index (χ4n) is 1.10. The SMILES string of the molecule is Cn1cnc(C(=O)N2CCC2)n1. The molecule has 0 radical (unpaired) electrons. The first kappa shape index (κ1) is 7.27. The van der Waals surface area contributed by atoms with Crippen LogP contribution in [0.1, 0.15) is 17.0 Å². The van der Waals surface area contributed by atoms with Crippen molar-refractivity contribution in [2.45, 2.75) is 6.42 Å². The van der Waals surface area contributed by atoms with E-state index in [-0.39, 0.29) is 5.91 Å². The summed E-state index contributed by atoms with van der Waals surface area (Å²) in [4.78, 5) is 17.1. The van der Waals surface area contributed by atoms with Crippen molar-refractivity contribution in [2.24, 2.45) is 7.05 Å². The van der Waals surface area contributed by atoms with E-state index in [9.17, 15) is 4.79 Å². The van der Waals surface area contributed by atoms with Crippen LogP contribution in [0.25, 0.3) is 0 Å². The molecule has 1 aromatic heterocycles. The van der Waals surface area contributed by atoms with Crippen molar-refractivity contribution >= 4 is 5.91 Å². The van der Waals surface area contributed by atoms with Crippen LogP contribution < -0.4 is 0 Å². The summed E-state index contributed by atoms with van der Waals surface area (Å²) in [5, 5.41) is 3.93. The first-order valence-corrected chi connectivity index (χ1v) is 3.92. The van der Waals surface area contributed by atoms with Gasteiger partial charge in [-0.3, -0.25) is 9.48 Å². The molecule has 2 heterocycles. The van der Waals surface area contributed by atoms with Crippen molar-refractivity contribution < 1.29 is 4.79 Å². The molecule has 5 heteroatoms. The van der Waals surface area contributed by atoms with E-state index in [0.717, 1.165) is 19.5 Å². The summed E-state index contributed by atoms with van der Waals surface area (Å²) in [5.74, 6) is 0.249. The second kappa shape index (κ2) is 2.58. The van der Waals surface area contributed by atoms with Crippen LogP contribution in [0.5, 0.6) is 0 Å². The van der Waals surface area contributed by atoms with Gasteiger partial charge >= 0.3 is 0 Å². The molecular formula is C7H10N4O. The maximum Gasteiger partial charge on any atom is 0.293 e. The van der Waals surface area contributed by atoms with Crippen molar-refractivity contribution in [3.63, 3.8) is 0 Å². The van der Waals surface area contributed by atoms with E-state index in [1.807, 2.05) is 0 Å². The molecule has 0 atom stereocenters. The average molecular weight is 166 g/mol. The topological polar surface area (TPSA) is 51.0 Å². The zero-order valence-corrected chi connectivity index (χ0v) is 6.90. The van der Waals surface area contributed by atoms with Crippen LogP contribution in [0.15, 0.2) is 6.33 Å². The largest absolute Gasteiger partial charge is 0.336 e. The summed E-state index contributed by atoms with van der Waals surface area (Å²) in [6.45, 7) is 1.69. The second-order valence-electron chi connectivity index (χ2n) is 2.89. The maximum absolute atomic E-state index is 11.4. The zero-order valence-electron chi connectivity index (χ0n) is 6.90. The van der Waals surface area contributed by atoms with E-state index in [1.165, 1.54) is 11.0 Å². The van der Waals surface area contributed by atoms with Gasteiger partial charge < -0.3 is 4.90 Å². The van der Waals surface area contributed by atoms with E-state index in [1.54, 1.807) is 11.9 Å². The third-order valence-corrected chi connectivity index (χ3v) is 1.93. The summed E-state index contributed by atoms with van der Waals surface area (Å²) in [5.41, 5.74) is 0. The fraction of sp³-hybridized carbons (Fsp3) is 0.571. The van der Waals surface area contributed by atoms with Crippen molar-refractivity contribution in [3.8, 4) is 0 Å². The summed E-state index contributed by atoms with van der Waals surface area (Å²) < 4.78 is 1.53. The highest BCUT2D eigenvalue weighted by atomic mass is 16.2. The Hall–Kier alpha value is -1.39. The standard InChI is InChI=1S/C7H10N4O/c1-10-5-8-6(9-10)7(12)11-3-2-4-11/h5H,2-4H2,1H3. The number of carbonyl (C=O) groups is 1. The van der Waals surface area contributed by atoms with Gasteiger partial charge in [0.05, 0.1) is 0 Å². The molecule has 2 rings (SSSR count). The minimum Gasteiger partial charge on any atom is -0.336 e. The molecule has 1 fully saturated rings. The number of hydrogen-bond acceptors (Lipinski definition) is 3. The summed E-state index contributed by atoms with van der Waals surface area (Å²) >= 11 is 0. The van der Waals surface area contributed by atoms with Gasteiger partial charge in [0.1, 0.15) is 6.33 Å². The van der Waals surface area contributed by atoms with Crippen LogP contribution in [-0.4, -0.2) is 38.7 Å². The first-order valence-electron chi connectivity index (χ1n) is 3.92. The van der Waals surface area contributed by atoms with Gasteiger partial charge in [0.25, 0.3) is 5.91 Å². The van der Waals surface area contributed by atoms with Crippen molar-refractivity contribution in [2.75, 3.05) is 13.1 Å². The maximum atomic E-state index is 11.4. The number of carbonyl (C=O) groups excluding carboxylic acids is 1. The van der Waals surface area contributed by atoms with Crippen molar-refractivity contribution in [1.82, 2.24) is 19.7 Å². The lowest BCUT2D eigenvalue weighted by molar-refractivity contribution is 0.0639. The molecule has 0 saturated carbocycles. The van der Waals surface area contributed by atoms with Crippen LogP contribution in [-0.2, 0) is 7.05 Å². The minimum atomic E-state index is -0.0538. The molecule has 0 spiro atoms. The molecule has 1 aliphatic rings. The second-order valence-corrected chi connectivity index (χ2v) is 2.89. The molecule has 0 aliphatic carbocycles. The Morgan fingerprint density at radius 3 is 2.75 bits per heavy atom. The van der Waals surface area contributed by atoms with E-state index >= 15 is 0 Å². The monoisotopic (exact) mass is 166 g/mol. The lowest BCUT2D eigenvalue weighted by Gasteiger charge is -2.29. The van der Waals surface area contributed by atoms with Gasteiger partial charge in [-0.15, -0.1) is 5.10 Å². The highest BCUT2D eigenvalue weighted by Crippen LogP contribution is 2.08. The molecular weight excluding hydrogens is 156 g/mol. The third kappa shape index (κ3) is 1.07. The highest BCUT2D eigenvalue weighted by Gasteiger charge is 2.24. The van der Waals surface area contributed by atoms with Gasteiger partial charge in [-0.2, -0.15) is 0 Å². The van der Waals surface area contributed by atoms with E-state index < -0.39 is 0 Å². The molecule has 1 aliphatic heterocycles. The van der Waals surface area contributed by atoms with Crippen molar-refractivity contribution in [1.29, 1.82) is 0 Å². The number of likely N-dealkylation sites (tertiary alicyclic amines) is 1. The molecule has 0 N–H and O–H groups in total. The molecule has 5 nitrogen and oxygen atoms in total. The molecule has 64 valence electrons. The minimum absolute atomic E-state index is 0.0538. The van der Waals surface area contributed by atoms with Crippen LogP contribution in [0.2, 0.25) is 0 Å². The quantitative estimate of drug-likeness (QED) is 0.573. The lowest BCUT2D eigenvalue weighted by Crippen LogP contribution is -2.42. The van der Waals surface area contributed by atoms with Crippen molar-refractivity contribution in [3.05, 3.63) is 12.2 Å². The number of hydrogen-bond donors (Lipinski definition) is 0. The lowest BCUT2D eigenvalue weighted by atomic mass is 10.2. The Balaban J connectivity index is 2.13. The Morgan fingerprint density at radius 1 is 1.58 bits per heavy atom. The predicted octanol–water partition coefficient (Wildman–Crippen LogP) is -0.339. The molecule has 0 bridgehead atoms. The van der Waals surface area contributed by atoms with Gasteiger partial charge in [-0.1, -0.05) is 0 Å². The van der Waals surface area contributed by atoms with Crippen LogP contribution in [0, 0.1) is 0 Å². The smallest absolute Gasteiger partial charge is 0.293 e. The highest BCUT2D eigenvalue weighted by molar-refractivity contribution is 5.90. The van der Waals surface area contributed by atoms with Gasteiger partial charge in [-0.25, -0.2) is 4.98 Å². The predicted molar refractivity (Wildman–Crippen MR) is 41.5 cm³/mol. The number of amides is 1. The number of rotatable bonds is 1. The van der Waals surface area contributed by atoms with Crippen LogP contribution in [0.4, 0.5) is 0 Å². The van der Waals surface area contributed by atoms with E-state index in [2.05, 4.69) is 10.1 Å². The molecule has 0 unspecified atom stereocenters. The normalized spacial score (nSPS) is 15.9. The van der Waals surface area contributed by atoms with Crippen LogP contribution in [0.3, 0.4) is 0 Å². The third-order valence-electron chi connectivity index (χ3n) is 1.93. The average Bonchev–Trinajstić information content (AvgIpc) is 2.31. The summed E-state index contributed by atoms with van der Waals surface area (Å²) in [6.07, 6.45) is 2.63. The number of aryl methyl sites for hydroxylation is 1. The van der Waals surface area contributed by atoms with Crippen LogP contribution >= 0.6 is 0 Å². The fourth-order valence-corrected chi connectivity index (χ4v) is 1.10. The van der Waals surface area contributed by atoms with E-state index in [4.69, 9.17) is 0 Å². The van der Waals surface area contributed by atoms with E-state index in [0.29, 0.717) is 5.82 Å². The van der Waals surface area contributed by atoms with Gasteiger partial charge in [0, 0.05) is 20.1 Å². The summed E-state index contributed by atoms with van der Waals surface area (Å²) in [7, 11) is 1.75. The Kier molecular flexibility index (Phi) is 1.56. The van der Waals surface area contributed by atoms with Gasteiger partial charge in [0.2, 0.25) is 5.82 Å². The molecule has 1 aromatic rings. The Labute approximate surface area is 70.0 Å². The molecule has 1 amide bonds. The van der Waals surface area contributed by atoms with Gasteiger partial charge in [0.15, 0.2) is 0 Å². The number of aromatic nitrogens is 3. The van der Waals surface area contributed by atoms with Gasteiger partial charge in [-0.05, 0) is 6.42 Å². The first-order chi connectivity index (χ1) is 5.77. The molecule has 12 heavy (non-hydrogen) atoms.